The molecule has 0 aliphatic heterocycles. The van der Waals surface area contributed by atoms with E-state index in [0.29, 0.717) is 38.7 Å². The number of nitrogens with zero attached hydrogens (tertiary/aromatic N) is 4. The summed E-state index contributed by atoms with van der Waals surface area (Å²) < 4.78 is 1.63. The first-order valence-electron chi connectivity index (χ1n) is 7.72. The average molecular weight is 349 g/mol. The molecule has 4 aromatic rings. The minimum atomic E-state index is -0.162. The lowest BCUT2D eigenvalue weighted by Gasteiger charge is -2.06. The van der Waals surface area contributed by atoms with Crippen LogP contribution in [0.25, 0.3) is 16.9 Å². The van der Waals surface area contributed by atoms with E-state index in [0.717, 1.165) is 0 Å². The van der Waals surface area contributed by atoms with Gasteiger partial charge in [-0.2, -0.15) is 9.78 Å². The summed E-state index contributed by atoms with van der Waals surface area (Å²) in [4.78, 5) is 21.5. The van der Waals surface area contributed by atoms with Gasteiger partial charge < -0.3 is 0 Å². The number of carbonyl (C=O) groups excluding carboxylic acids is 1. The van der Waals surface area contributed by atoms with E-state index in [4.69, 9.17) is 11.6 Å². The van der Waals surface area contributed by atoms with Gasteiger partial charge in [-0.3, -0.25) is 4.79 Å². The third-order valence-corrected chi connectivity index (χ3v) is 4.35. The van der Waals surface area contributed by atoms with Gasteiger partial charge in [0.1, 0.15) is 0 Å². The third-order valence-electron chi connectivity index (χ3n) is 3.95. The fourth-order valence-electron chi connectivity index (χ4n) is 2.75. The molecule has 0 fully saturated rings. The summed E-state index contributed by atoms with van der Waals surface area (Å²) in [6.07, 6.45) is 3.19. The summed E-state index contributed by atoms with van der Waals surface area (Å²) in [5, 5.41) is 5.51. The van der Waals surface area contributed by atoms with Gasteiger partial charge in [-0.15, -0.1) is 0 Å². The Balaban J connectivity index is 1.90. The van der Waals surface area contributed by atoms with E-state index >= 15 is 0 Å². The SMILES string of the molecule is Cc1nn(-c2ccccn2)c2ncc(C(=O)c3ccccc3)c(Cl)c12. The van der Waals surface area contributed by atoms with Crippen molar-refractivity contribution < 1.29 is 4.79 Å². The normalized spacial score (nSPS) is 11.0. The molecule has 0 aliphatic rings. The van der Waals surface area contributed by atoms with Crippen molar-refractivity contribution in [2.45, 2.75) is 6.92 Å². The summed E-state index contributed by atoms with van der Waals surface area (Å²) in [5.41, 5.74) is 2.20. The Morgan fingerprint density at radius 3 is 2.52 bits per heavy atom. The third kappa shape index (κ3) is 2.58. The monoisotopic (exact) mass is 348 g/mol. The molecule has 25 heavy (non-hydrogen) atoms. The Hall–Kier alpha value is -3.05. The summed E-state index contributed by atoms with van der Waals surface area (Å²) in [7, 11) is 0. The number of ketones is 1. The number of rotatable bonds is 3. The molecule has 0 radical (unpaired) electrons. The maximum Gasteiger partial charge on any atom is 0.196 e. The molecular formula is C19H13ClN4O. The van der Waals surface area contributed by atoms with Crippen LogP contribution in [0.4, 0.5) is 0 Å². The highest BCUT2D eigenvalue weighted by molar-refractivity contribution is 6.39. The minimum Gasteiger partial charge on any atom is -0.288 e. The smallest absolute Gasteiger partial charge is 0.196 e. The maximum atomic E-state index is 12.7. The number of aryl methyl sites for hydroxylation is 1. The van der Waals surface area contributed by atoms with Crippen molar-refractivity contribution in [3.8, 4) is 5.82 Å². The van der Waals surface area contributed by atoms with Crippen LogP contribution >= 0.6 is 11.6 Å². The molecule has 122 valence electrons. The van der Waals surface area contributed by atoms with Crippen LogP contribution in [-0.2, 0) is 0 Å². The average Bonchev–Trinajstić information content (AvgIpc) is 3.00. The van der Waals surface area contributed by atoms with E-state index in [1.165, 1.54) is 6.20 Å². The summed E-state index contributed by atoms with van der Waals surface area (Å²) in [6.45, 7) is 1.84. The molecule has 0 spiro atoms. The molecule has 3 aromatic heterocycles. The topological polar surface area (TPSA) is 60.7 Å². The zero-order valence-corrected chi connectivity index (χ0v) is 14.1. The van der Waals surface area contributed by atoms with Gasteiger partial charge in [-0.1, -0.05) is 48.0 Å². The maximum absolute atomic E-state index is 12.7. The standard InChI is InChI=1S/C19H13ClN4O/c1-12-16-17(20)14(18(25)13-7-3-2-4-8-13)11-22-19(16)24(23-12)15-9-5-6-10-21-15/h2-11H,1H3. The van der Waals surface area contributed by atoms with Crippen LogP contribution in [0, 0.1) is 6.92 Å². The van der Waals surface area contributed by atoms with Crippen LogP contribution in [0.15, 0.2) is 60.9 Å². The number of hydrogen-bond acceptors (Lipinski definition) is 4. The zero-order valence-electron chi connectivity index (χ0n) is 13.3. The Morgan fingerprint density at radius 2 is 1.80 bits per heavy atom. The second kappa shape index (κ2) is 6.11. The highest BCUT2D eigenvalue weighted by Gasteiger charge is 2.20. The van der Waals surface area contributed by atoms with Crippen molar-refractivity contribution in [3.05, 3.63) is 82.8 Å². The van der Waals surface area contributed by atoms with Gasteiger partial charge in [0.05, 0.1) is 21.7 Å². The van der Waals surface area contributed by atoms with Crippen LogP contribution in [0.1, 0.15) is 21.6 Å². The van der Waals surface area contributed by atoms with Crippen molar-refractivity contribution in [1.29, 1.82) is 0 Å². The van der Waals surface area contributed by atoms with Gasteiger partial charge in [-0.25, -0.2) is 9.97 Å². The van der Waals surface area contributed by atoms with Gasteiger partial charge in [0.2, 0.25) is 0 Å². The molecule has 0 atom stereocenters. The molecule has 3 heterocycles. The number of aromatic nitrogens is 4. The summed E-state index contributed by atoms with van der Waals surface area (Å²) in [5.74, 6) is 0.483. The molecule has 1 aromatic carbocycles. The molecule has 0 saturated carbocycles. The Kier molecular flexibility index (Phi) is 3.78. The Bertz CT molecular complexity index is 1070. The first-order chi connectivity index (χ1) is 12.2. The molecular weight excluding hydrogens is 336 g/mol. The van der Waals surface area contributed by atoms with Crippen LogP contribution in [0.5, 0.6) is 0 Å². The molecule has 0 N–H and O–H groups in total. The number of hydrogen-bond donors (Lipinski definition) is 0. The first-order valence-corrected chi connectivity index (χ1v) is 8.09. The van der Waals surface area contributed by atoms with Crippen LogP contribution in [-0.4, -0.2) is 25.5 Å². The van der Waals surface area contributed by atoms with E-state index in [1.807, 2.05) is 43.3 Å². The first kappa shape index (κ1) is 15.5. The Labute approximate surface area is 148 Å². The molecule has 6 heteroatoms. The summed E-state index contributed by atoms with van der Waals surface area (Å²) >= 11 is 6.56. The number of pyridine rings is 2. The fourth-order valence-corrected chi connectivity index (χ4v) is 3.11. The lowest BCUT2D eigenvalue weighted by molar-refractivity contribution is 0.103. The van der Waals surface area contributed by atoms with Crippen molar-refractivity contribution >= 4 is 28.4 Å². The minimum absolute atomic E-state index is 0.162. The molecule has 4 rings (SSSR count). The predicted octanol–water partition coefficient (Wildman–Crippen LogP) is 4.01. The highest BCUT2D eigenvalue weighted by atomic mass is 35.5. The van der Waals surface area contributed by atoms with Crippen LogP contribution < -0.4 is 0 Å². The molecule has 0 aliphatic carbocycles. The largest absolute Gasteiger partial charge is 0.288 e. The van der Waals surface area contributed by atoms with E-state index < -0.39 is 0 Å². The van der Waals surface area contributed by atoms with E-state index in [-0.39, 0.29) is 5.78 Å². The second-order valence-electron chi connectivity index (χ2n) is 5.56. The van der Waals surface area contributed by atoms with Crippen LogP contribution in [0.2, 0.25) is 5.02 Å². The number of fused-ring (bicyclic) bond motifs is 1. The predicted molar refractivity (Wildman–Crippen MR) is 96.3 cm³/mol. The fraction of sp³-hybridized carbons (Fsp3) is 0.0526. The highest BCUT2D eigenvalue weighted by Crippen LogP contribution is 2.30. The van der Waals surface area contributed by atoms with E-state index in [9.17, 15) is 4.79 Å². The van der Waals surface area contributed by atoms with Gasteiger partial charge in [0.25, 0.3) is 0 Å². The molecule has 0 amide bonds. The number of carbonyl (C=O) groups is 1. The van der Waals surface area contributed by atoms with Crippen LogP contribution in [0.3, 0.4) is 0 Å². The Morgan fingerprint density at radius 1 is 1.04 bits per heavy atom. The van der Waals surface area contributed by atoms with Gasteiger partial charge in [0.15, 0.2) is 17.2 Å². The molecule has 0 bridgehead atoms. The van der Waals surface area contributed by atoms with E-state index in [1.54, 1.807) is 23.0 Å². The van der Waals surface area contributed by atoms with Crippen molar-refractivity contribution in [1.82, 2.24) is 19.7 Å². The quantitative estimate of drug-likeness (QED) is 0.525. The zero-order chi connectivity index (χ0) is 17.4. The lowest BCUT2D eigenvalue weighted by Crippen LogP contribution is -2.04. The van der Waals surface area contributed by atoms with Crippen molar-refractivity contribution in [2.24, 2.45) is 0 Å². The van der Waals surface area contributed by atoms with Gasteiger partial charge >= 0.3 is 0 Å². The number of benzene rings is 1. The van der Waals surface area contributed by atoms with Crippen molar-refractivity contribution in [3.63, 3.8) is 0 Å². The summed E-state index contributed by atoms with van der Waals surface area (Å²) in [6, 6.07) is 14.6. The van der Waals surface area contributed by atoms with E-state index in [2.05, 4.69) is 15.1 Å². The lowest BCUT2D eigenvalue weighted by atomic mass is 10.0. The van der Waals surface area contributed by atoms with Crippen molar-refractivity contribution in [2.75, 3.05) is 0 Å². The number of halogens is 1. The molecule has 0 saturated heterocycles. The second-order valence-corrected chi connectivity index (χ2v) is 5.94. The molecule has 5 nitrogen and oxygen atoms in total. The molecule has 0 unspecified atom stereocenters. The van der Waals surface area contributed by atoms with Gasteiger partial charge in [0, 0.05) is 18.0 Å². The van der Waals surface area contributed by atoms with Gasteiger partial charge in [-0.05, 0) is 19.1 Å².